The zero-order chi connectivity index (χ0) is 17.4. The molecule has 0 fully saturated rings. The molecule has 0 aliphatic heterocycles. The van der Waals surface area contributed by atoms with Crippen LogP contribution in [0.1, 0.15) is 11.1 Å². The molecule has 0 atom stereocenters. The molecule has 0 bridgehead atoms. The second kappa shape index (κ2) is 8.93. The number of nitrogens with one attached hydrogen (secondary N) is 1. The van der Waals surface area contributed by atoms with Crippen LogP contribution in [0.2, 0.25) is 5.02 Å². The van der Waals surface area contributed by atoms with E-state index in [1.54, 1.807) is 49.6 Å². The summed E-state index contributed by atoms with van der Waals surface area (Å²) in [6.07, 6.45) is 0.103. The highest BCUT2D eigenvalue weighted by atomic mass is 35.5. The van der Waals surface area contributed by atoms with Gasteiger partial charge < -0.3 is 14.8 Å². The SMILES string of the molecule is COc1ccc(CC(=O)OCC(=O)NCc2cccc(Cl)c2)cc1. The van der Waals surface area contributed by atoms with E-state index >= 15 is 0 Å². The lowest BCUT2D eigenvalue weighted by Gasteiger charge is -2.07. The molecule has 0 spiro atoms. The van der Waals surface area contributed by atoms with Gasteiger partial charge in [-0.3, -0.25) is 9.59 Å². The van der Waals surface area contributed by atoms with Gasteiger partial charge in [0, 0.05) is 11.6 Å². The van der Waals surface area contributed by atoms with Crippen molar-refractivity contribution in [3.8, 4) is 5.75 Å². The molecule has 24 heavy (non-hydrogen) atoms. The molecule has 2 rings (SSSR count). The standard InChI is InChI=1S/C18H18ClNO4/c1-23-16-7-5-13(6-8-16)10-18(22)24-12-17(21)20-11-14-3-2-4-15(19)9-14/h2-9H,10-12H2,1H3,(H,20,21). The smallest absolute Gasteiger partial charge is 0.310 e. The van der Waals surface area contributed by atoms with Gasteiger partial charge in [0.05, 0.1) is 13.5 Å². The Hall–Kier alpha value is -2.53. The number of esters is 1. The van der Waals surface area contributed by atoms with Gasteiger partial charge in [0.2, 0.25) is 0 Å². The maximum Gasteiger partial charge on any atom is 0.310 e. The number of halogens is 1. The fourth-order valence-electron chi connectivity index (χ4n) is 2.01. The first kappa shape index (κ1) is 17.8. The minimum absolute atomic E-state index is 0.103. The highest BCUT2D eigenvalue weighted by Gasteiger charge is 2.09. The predicted octanol–water partition coefficient (Wildman–Crippen LogP) is 2.75. The lowest BCUT2D eigenvalue weighted by molar-refractivity contribution is -0.147. The van der Waals surface area contributed by atoms with Crippen molar-refractivity contribution < 1.29 is 19.1 Å². The van der Waals surface area contributed by atoms with Crippen LogP contribution in [0.25, 0.3) is 0 Å². The maximum atomic E-state index is 11.7. The molecular weight excluding hydrogens is 330 g/mol. The van der Waals surface area contributed by atoms with Crippen molar-refractivity contribution in [2.45, 2.75) is 13.0 Å². The molecule has 0 saturated heterocycles. The molecule has 0 saturated carbocycles. The van der Waals surface area contributed by atoms with Crippen LogP contribution >= 0.6 is 11.6 Å². The summed E-state index contributed by atoms with van der Waals surface area (Å²) >= 11 is 5.87. The van der Waals surface area contributed by atoms with Crippen molar-refractivity contribution in [3.05, 3.63) is 64.7 Å². The number of methoxy groups -OCH3 is 1. The number of hydrogen-bond donors (Lipinski definition) is 1. The largest absolute Gasteiger partial charge is 0.497 e. The summed E-state index contributed by atoms with van der Waals surface area (Å²) in [7, 11) is 1.57. The Morgan fingerprint density at radius 1 is 1.08 bits per heavy atom. The first-order chi connectivity index (χ1) is 11.6. The summed E-state index contributed by atoms with van der Waals surface area (Å²) in [6.45, 7) is 0.0188. The Morgan fingerprint density at radius 3 is 2.50 bits per heavy atom. The highest BCUT2D eigenvalue weighted by Crippen LogP contribution is 2.12. The van der Waals surface area contributed by atoms with Gasteiger partial charge in [0.1, 0.15) is 5.75 Å². The van der Waals surface area contributed by atoms with Crippen molar-refractivity contribution in [2.24, 2.45) is 0 Å². The van der Waals surface area contributed by atoms with E-state index in [-0.39, 0.29) is 18.9 Å². The monoisotopic (exact) mass is 347 g/mol. The highest BCUT2D eigenvalue weighted by molar-refractivity contribution is 6.30. The molecule has 1 N–H and O–H groups in total. The number of amides is 1. The molecule has 2 aromatic carbocycles. The molecule has 2 aromatic rings. The van der Waals surface area contributed by atoms with Crippen molar-refractivity contribution in [3.63, 3.8) is 0 Å². The van der Waals surface area contributed by atoms with E-state index in [0.717, 1.165) is 11.1 Å². The van der Waals surface area contributed by atoms with Gasteiger partial charge >= 0.3 is 5.97 Å². The number of hydrogen-bond acceptors (Lipinski definition) is 4. The third-order valence-corrected chi connectivity index (χ3v) is 3.49. The molecule has 6 heteroatoms. The van der Waals surface area contributed by atoms with Crippen molar-refractivity contribution in [1.82, 2.24) is 5.32 Å². The topological polar surface area (TPSA) is 64.6 Å². The second-order valence-electron chi connectivity index (χ2n) is 5.09. The third-order valence-electron chi connectivity index (χ3n) is 3.25. The molecule has 0 radical (unpaired) electrons. The third kappa shape index (κ3) is 5.93. The first-order valence-corrected chi connectivity index (χ1v) is 7.74. The summed E-state index contributed by atoms with van der Waals surface area (Å²) in [5.74, 6) is -0.108. The zero-order valence-corrected chi connectivity index (χ0v) is 14.0. The normalized spacial score (nSPS) is 10.1. The number of benzene rings is 2. The minimum atomic E-state index is -0.460. The Kier molecular flexibility index (Phi) is 6.63. The van der Waals surface area contributed by atoms with E-state index in [0.29, 0.717) is 17.3 Å². The second-order valence-corrected chi connectivity index (χ2v) is 5.53. The van der Waals surface area contributed by atoms with Crippen LogP contribution in [0.15, 0.2) is 48.5 Å². The fourth-order valence-corrected chi connectivity index (χ4v) is 2.22. The minimum Gasteiger partial charge on any atom is -0.497 e. The molecule has 0 aliphatic rings. The number of ether oxygens (including phenoxy) is 2. The van der Waals surface area contributed by atoms with Gasteiger partial charge in [-0.25, -0.2) is 0 Å². The van der Waals surface area contributed by atoms with Gasteiger partial charge in [-0.15, -0.1) is 0 Å². The lowest BCUT2D eigenvalue weighted by atomic mass is 10.1. The Labute approximate surface area is 145 Å². The van der Waals surface area contributed by atoms with Gasteiger partial charge in [-0.1, -0.05) is 35.9 Å². The molecule has 0 unspecified atom stereocenters. The molecule has 0 heterocycles. The van der Waals surface area contributed by atoms with E-state index < -0.39 is 5.97 Å². The van der Waals surface area contributed by atoms with Crippen LogP contribution in [0.5, 0.6) is 5.75 Å². The summed E-state index contributed by atoms with van der Waals surface area (Å²) in [5, 5.41) is 3.27. The molecule has 0 aliphatic carbocycles. The van der Waals surface area contributed by atoms with Gasteiger partial charge in [-0.05, 0) is 35.4 Å². The number of carbonyl (C=O) groups is 2. The lowest BCUT2D eigenvalue weighted by Crippen LogP contribution is -2.28. The summed E-state index contributed by atoms with van der Waals surface area (Å²) < 4.78 is 10.0. The van der Waals surface area contributed by atoms with Crippen LogP contribution in [-0.4, -0.2) is 25.6 Å². The summed E-state index contributed by atoms with van der Waals surface area (Å²) in [4.78, 5) is 23.4. The predicted molar refractivity (Wildman–Crippen MR) is 91.0 cm³/mol. The quantitative estimate of drug-likeness (QED) is 0.782. The van der Waals surface area contributed by atoms with Gasteiger partial charge in [0.25, 0.3) is 5.91 Å². The Bertz CT molecular complexity index is 700. The van der Waals surface area contributed by atoms with Crippen molar-refractivity contribution >= 4 is 23.5 Å². The van der Waals surface area contributed by atoms with Crippen LogP contribution in [-0.2, 0) is 27.3 Å². The van der Waals surface area contributed by atoms with Crippen LogP contribution in [0.3, 0.4) is 0 Å². The summed E-state index contributed by atoms with van der Waals surface area (Å²) in [5.41, 5.74) is 1.67. The van der Waals surface area contributed by atoms with E-state index in [2.05, 4.69) is 5.32 Å². The molecular formula is C18H18ClNO4. The van der Waals surface area contributed by atoms with E-state index in [4.69, 9.17) is 21.1 Å². The van der Waals surface area contributed by atoms with Gasteiger partial charge in [0.15, 0.2) is 6.61 Å². The Morgan fingerprint density at radius 2 is 1.83 bits per heavy atom. The van der Waals surface area contributed by atoms with E-state index in [1.165, 1.54) is 0 Å². The molecule has 5 nitrogen and oxygen atoms in total. The van der Waals surface area contributed by atoms with Gasteiger partial charge in [-0.2, -0.15) is 0 Å². The average Bonchev–Trinajstić information content (AvgIpc) is 2.59. The van der Waals surface area contributed by atoms with Crippen LogP contribution in [0.4, 0.5) is 0 Å². The first-order valence-electron chi connectivity index (χ1n) is 7.36. The summed E-state index contributed by atoms with van der Waals surface area (Å²) in [6, 6.07) is 14.3. The average molecular weight is 348 g/mol. The molecule has 126 valence electrons. The van der Waals surface area contributed by atoms with Crippen LogP contribution < -0.4 is 10.1 Å². The number of carbonyl (C=O) groups excluding carboxylic acids is 2. The fraction of sp³-hybridized carbons (Fsp3) is 0.222. The van der Waals surface area contributed by atoms with E-state index in [9.17, 15) is 9.59 Å². The van der Waals surface area contributed by atoms with Crippen LogP contribution in [0, 0.1) is 0 Å². The zero-order valence-electron chi connectivity index (χ0n) is 13.3. The molecule has 0 aromatic heterocycles. The maximum absolute atomic E-state index is 11.7. The molecule has 1 amide bonds. The van der Waals surface area contributed by atoms with Crippen molar-refractivity contribution in [2.75, 3.05) is 13.7 Å². The Balaban J connectivity index is 1.71. The number of rotatable bonds is 7. The van der Waals surface area contributed by atoms with E-state index in [1.807, 2.05) is 6.07 Å². The van der Waals surface area contributed by atoms with Crippen molar-refractivity contribution in [1.29, 1.82) is 0 Å².